The molecule has 140 valence electrons. The van der Waals surface area contributed by atoms with Gasteiger partial charge >= 0.3 is 11.6 Å². The normalized spacial score (nSPS) is 10.9. The lowest BCUT2D eigenvalue weighted by Crippen LogP contribution is -2.08. The Bertz CT molecular complexity index is 1240. The topological polar surface area (TPSA) is 85.6 Å². The van der Waals surface area contributed by atoms with E-state index >= 15 is 0 Å². The first-order chi connectivity index (χ1) is 13.5. The Hall–Kier alpha value is -3.45. The van der Waals surface area contributed by atoms with Crippen LogP contribution >= 0.6 is 11.3 Å². The number of nitrogens with one attached hydrogen (secondary N) is 1. The Morgan fingerprint density at radius 1 is 1.11 bits per heavy atom. The Morgan fingerprint density at radius 2 is 1.93 bits per heavy atom. The minimum absolute atomic E-state index is 0.0609. The number of carbonyl (C=O) groups excluding carboxylic acids is 2. The maximum absolute atomic E-state index is 12.4. The van der Waals surface area contributed by atoms with Crippen molar-refractivity contribution in [3.8, 4) is 0 Å². The van der Waals surface area contributed by atoms with Crippen LogP contribution in [0.15, 0.2) is 63.8 Å². The lowest BCUT2D eigenvalue weighted by molar-refractivity contribution is -0.114. The van der Waals surface area contributed by atoms with Gasteiger partial charge in [0.15, 0.2) is 0 Å². The fraction of sp³-hybridized carbons (Fsp3) is 0.0952. The Kier molecular flexibility index (Phi) is 4.67. The number of hydrogen-bond donors (Lipinski definition) is 1. The largest absolute Gasteiger partial charge is 0.457 e. The van der Waals surface area contributed by atoms with Gasteiger partial charge in [0.2, 0.25) is 5.91 Å². The molecule has 0 radical (unpaired) electrons. The molecular formula is C21H15NO5S. The molecule has 0 saturated heterocycles. The van der Waals surface area contributed by atoms with Gasteiger partial charge in [0.1, 0.15) is 17.1 Å². The number of hydrogen-bond acceptors (Lipinski definition) is 6. The van der Waals surface area contributed by atoms with E-state index in [1.165, 1.54) is 24.3 Å². The summed E-state index contributed by atoms with van der Waals surface area (Å²) in [6, 6.07) is 15.8. The first-order valence-electron chi connectivity index (χ1n) is 8.50. The van der Waals surface area contributed by atoms with Gasteiger partial charge < -0.3 is 14.5 Å². The van der Waals surface area contributed by atoms with Crippen LogP contribution in [0.1, 0.15) is 22.2 Å². The molecule has 2 aromatic heterocycles. The van der Waals surface area contributed by atoms with Gasteiger partial charge in [-0.3, -0.25) is 4.79 Å². The van der Waals surface area contributed by atoms with Crippen molar-refractivity contribution in [2.75, 3.05) is 5.32 Å². The van der Waals surface area contributed by atoms with Crippen molar-refractivity contribution >= 4 is 50.0 Å². The van der Waals surface area contributed by atoms with Gasteiger partial charge in [-0.05, 0) is 29.7 Å². The summed E-state index contributed by atoms with van der Waals surface area (Å²) < 4.78 is 11.6. The highest BCUT2D eigenvalue weighted by Crippen LogP contribution is 2.27. The van der Waals surface area contributed by atoms with Gasteiger partial charge in [0.05, 0.1) is 0 Å². The second-order valence-corrected chi connectivity index (χ2v) is 7.29. The quantitative estimate of drug-likeness (QED) is 0.412. The summed E-state index contributed by atoms with van der Waals surface area (Å²) in [5.74, 6) is -0.674. The van der Waals surface area contributed by atoms with Crippen molar-refractivity contribution in [2.45, 2.75) is 13.5 Å². The first-order valence-corrected chi connectivity index (χ1v) is 9.31. The Morgan fingerprint density at radius 3 is 2.71 bits per heavy atom. The van der Waals surface area contributed by atoms with E-state index in [0.29, 0.717) is 27.1 Å². The van der Waals surface area contributed by atoms with Gasteiger partial charge in [0, 0.05) is 40.4 Å². The van der Waals surface area contributed by atoms with E-state index in [4.69, 9.17) is 9.15 Å². The van der Waals surface area contributed by atoms with Crippen LogP contribution in [0.3, 0.4) is 0 Å². The van der Waals surface area contributed by atoms with Crippen molar-refractivity contribution < 1.29 is 18.7 Å². The van der Waals surface area contributed by atoms with Crippen LogP contribution in [0, 0.1) is 0 Å². The lowest BCUT2D eigenvalue weighted by Gasteiger charge is -2.08. The SMILES string of the molecule is CC(=O)Nc1ccc2c(COC(=O)c3cc4ccccc4s3)cc(=O)oc2c1. The summed E-state index contributed by atoms with van der Waals surface area (Å²) >= 11 is 1.36. The van der Waals surface area contributed by atoms with Crippen molar-refractivity contribution in [3.05, 3.63) is 75.5 Å². The molecule has 0 saturated carbocycles. The van der Waals surface area contributed by atoms with E-state index in [-0.39, 0.29) is 12.5 Å². The molecule has 0 aliphatic rings. The van der Waals surface area contributed by atoms with Crippen LogP contribution in [-0.4, -0.2) is 11.9 Å². The molecular weight excluding hydrogens is 378 g/mol. The minimum atomic E-state index is -0.555. The highest BCUT2D eigenvalue weighted by atomic mass is 32.1. The highest BCUT2D eigenvalue weighted by Gasteiger charge is 2.14. The highest BCUT2D eigenvalue weighted by molar-refractivity contribution is 7.20. The van der Waals surface area contributed by atoms with E-state index < -0.39 is 11.6 Å². The van der Waals surface area contributed by atoms with Gasteiger partial charge in [-0.15, -0.1) is 11.3 Å². The fourth-order valence-electron chi connectivity index (χ4n) is 2.93. The lowest BCUT2D eigenvalue weighted by atomic mass is 10.1. The van der Waals surface area contributed by atoms with Crippen LogP contribution in [0.4, 0.5) is 5.69 Å². The van der Waals surface area contributed by atoms with Crippen molar-refractivity contribution in [1.29, 1.82) is 0 Å². The summed E-state index contributed by atoms with van der Waals surface area (Å²) in [6.07, 6.45) is 0. The van der Waals surface area contributed by atoms with E-state index in [2.05, 4.69) is 5.32 Å². The summed E-state index contributed by atoms with van der Waals surface area (Å²) in [4.78, 5) is 36.0. The van der Waals surface area contributed by atoms with Gasteiger partial charge in [-0.2, -0.15) is 0 Å². The predicted molar refractivity (Wildman–Crippen MR) is 108 cm³/mol. The molecule has 0 bridgehead atoms. The second-order valence-electron chi connectivity index (χ2n) is 6.21. The first kappa shape index (κ1) is 17.9. The average Bonchev–Trinajstić information content (AvgIpc) is 3.09. The molecule has 1 N–H and O–H groups in total. The number of ether oxygens (including phenoxy) is 1. The molecule has 7 heteroatoms. The van der Waals surface area contributed by atoms with E-state index in [1.807, 2.05) is 24.3 Å². The van der Waals surface area contributed by atoms with E-state index in [1.54, 1.807) is 24.3 Å². The molecule has 4 aromatic rings. The summed E-state index contributed by atoms with van der Waals surface area (Å²) in [7, 11) is 0. The van der Waals surface area contributed by atoms with Crippen LogP contribution in [0.2, 0.25) is 0 Å². The van der Waals surface area contributed by atoms with Gasteiger partial charge in [-0.25, -0.2) is 9.59 Å². The van der Waals surface area contributed by atoms with Crippen LogP contribution in [0.25, 0.3) is 21.1 Å². The maximum Gasteiger partial charge on any atom is 0.348 e. The Labute approximate surface area is 163 Å². The number of anilines is 1. The minimum Gasteiger partial charge on any atom is -0.457 e. The van der Waals surface area contributed by atoms with Crippen molar-refractivity contribution in [1.82, 2.24) is 0 Å². The summed E-state index contributed by atoms with van der Waals surface area (Å²) in [6.45, 7) is 1.33. The number of rotatable bonds is 4. The predicted octanol–water partition coefficient (Wildman–Crippen LogP) is 4.32. The molecule has 28 heavy (non-hydrogen) atoms. The number of carbonyl (C=O) groups is 2. The van der Waals surface area contributed by atoms with Crippen LogP contribution < -0.4 is 10.9 Å². The molecule has 0 fully saturated rings. The second kappa shape index (κ2) is 7.28. The van der Waals surface area contributed by atoms with E-state index in [0.717, 1.165) is 10.1 Å². The molecule has 0 spiro atoms. The van der Waals surface area contributed by atoms with Crippen LogP contribution in [0.5, 0.6) is 0 Å². The molecule has 6 nitrogen and oxygen atoms in total. The Balaban J connectivity index is 1.59. The monoisotopic (exact) mass is 393 g/mol. The third-order valence-corrected chi connectivity index (χ3v) is 5.23. The molecule has 1 amide bonds. The molecule has 0 unspecified atom stereocenters. The number of benzene rings is 2. The number of esters is 1. The summed E-state index contributed by atoms with van der Waals surface area (Å²) in [5.41, 5.74) is 0.810. The zero-order valence-corrected chi connectivity index (χ0v) is 15.7. The number of amides is 1. The van der Waals surface area contributed by atoms with Crippen molar-refractivity contribution in [3.63, 3.8) is 0 Å². The smallest absolute Gasteiger partial charge is 0.348 e. The summed E-state index contributed by atoms with van der Waals surface area (Å²) in [5, 5.41) is 4.25. The van der Waals surface area contributed by atoms with Crippen molar-refractivity contribution in [2.24, 2.45) is 0 Å². The fourth-order valence-corrected chi connectivity index (χ4v) is 3.88. The standard InChI is InChI=1S/C21H15NO5S/c1-12(23)22-15-6-7-16-14(9-20(24)27-17(16)10-15)11-26-21(25)19-8-13-4-2-3-5-18(13)28-19/h2-10H,11H2,1H3,(H,22,23). The molecule has 4 rings (SSSR count). The number of thiophene rings is 1. The zero-order chi connectivity index (χ0) is 19.7. The molecule has 0 aliphatic heterocycles. The molecule has 2 heterocycles. The molecule has 0 aliphatic carbocycles. The average molecular weight is 393 g/mol. The van der Waals surface area contributed by atoms with E-state index in [9.17, 15) is 14.4 Å². The number of fused-ring (bicyclic) bond motifs is 2. The maximum atomic E-state index is 12.4. The molecule has 2 aromatic carbocycles. The third kappa shape index (κ3) is 3.65. The van der Waals surface area contributed by atoms with Crippen LogP contribution in [-0.2, 0) is 16.1 Å². The third-order valence-electron chi connectivity index (χ3n) is 4.14. The molecule has 0 atom stereocenters. The van der Waals surface area contributed by atoms with Gasteiger partial charge in [0.25, 0.3) is 0 Å². The zero-order valence-electron chi connectivity index (χ0n) is 14.9. The van der Waals surface area contributed by atoms with Gasteiger partial charge in [-0.1, -0.05) is 18.2 Å².